The van der Waals surface area contributed by atoms with Gasteiger partial charge in [-0.3, -0.25) is 9.59 Å². The zero-order valence-electron chi connectivity index (χ0n) is 14.6. The highest BCUT2D eigenvalue weighted by molar-refractivity contribution is 5.79. The monoisotopic (exact) mass is 324 g/mol. The van der Waals surface area contributed by atoms with Gasteiger partial charge in [-0.1, -0.05) is 12.8 Å². The van der Waals surface area contributed by atoms with Crippen molar-refractivity contribution in [1.82, 2.24) is 10.6 Å². The second-order valence-electron chi connectivity index (χ2n) is 8.00. The van der Waals surface area contributed by atoms with E-state index >= 15 is 0 Å². The summed E-state index contributed by atoms with van der Waals surface area (Å²) in [5.74, 6) is 0.799. The van der Waals surface area contributed by atoms with E-state index in [1.165, 1.54) is 25.7 Å². The third-order valence-electron chi connectivity index (χ3n) is 5.27. The predicted octanol–water partition coefficient (Wildman–Crippen LogP) is 2.13. The van der Waals surface area contributed by atoms with Crippen LogP contribution in [0.3, 0.4) is 0 Å². The molecule has 0 bridgehead atoms. The fourth-order valence-corrected chi connectivity index (χ4v) is 3.74. The lowest BCUT2D eigenvalue weighted by atomic mass is 9.84. The zero-order chi connectivity index (χ0) is 16.9. The first kappa shape index (κ1) is 18.2. The van der Waals surface area contributed by atoms with Crippen LogP contribution in [-0.2, 0) is 9.59 Å². The van der Waals surface area contributed by atoms with Gasteiger partial charge in [0.1, 0.15) is 0 Å². The summed E-state index contributed by atoms with van der Waals surface area (Å²) in [4.78, 5) is 24.3. The maximum Gasteiger partial charge on any atom is 0.223 e. The number of carbonyl (C=O) groups excluding carboxylic acids is 2. The van der Waals surface area contributed by atoms with Crippen LogP contribution in [0.1, 0.15) is 71.6 Å². The Bertz CT molecular complexity index is 408. The van der Waals surface area contributed by atoms with Gasteiger partial charge < -0.3 is 15.7 Å². The number of nitrogens with one attached hydrogen (secondary N) is 2. The Hall–Kier alpha value is -1.10. The molecule has 0 aromatic rings. The molecule has 23 heavy (non-hydrogen) atoms. The zero-order valence-corrected chi connectivity index (χ0v) is 14.6. The second kappa shape index (κ2) is 8.13. The van der Waals surface area contributed by atoms with E-state index in [0.29, 0.717) is 12.3 Å². The van der Waals surface area contributed by atoms with E-state index in [-0.39, 0.29) is 30.4 Å². The van der Waals surface area contributed by atoms with E-state index in [1.54, 1.807) is 0 Å². The molecule has 2 aliphatic carbocycles. The SMILES string of the molecule is CC(C)(CO)NC(=O)C1CCC(NC(=O)CC2CCCC2)CC1. The van der Waals surface area contributed by atoms with Crippen LogP contribution >= 0.6 is 0 Å². The summed E-state index contributed by atoms with van der Waals surface area (Å²) in [6.45, 7) is 3.57. The number of hydrogen-bond donors (Lipinski definition) is 3. The largest absolute Gasteiger partial charge is 0.394 e. The molecule has 0 unspecified atom stereocenters. The molecular formula is C18H32N2O3. The van der Waals surface area contributed by atoms with Gasteiger partial charge in [0.2, 0.25) is 11.8 Å². The maximum atomic E-state index is 12.2. The number of aliphatic hydroxyl groups excluding tert-OH is 1. The van der Waals surface area contributed by atoms with Crippen LogP contribution in [0.5, 0.6) is 0 Å². The van der Waals surface area contributed by atoms with Gasteiger partial charge in [-0.05, 0) is 58.3 Å². The Morgan fingerprint density at radius 3 is 2.22 bits per heavy atom. The Kier molecular flexibility index (Phi) is 6.45. The van der Waals surface area contributed by atoms with Crippen LogP contribution in [-0.4, -0.2) is 35.1 Å². The molecule has 0 atom stereocenters. The molecule has 5 nitrogen and oxygen atoms in total. The van der Waals surface area contributed by atoms with Crippen molar-refractivity contribution in [2.45, 2.75) is 83.2 Å². The van der Waals surface area contributed by atoms with Crippen molar-refractivity contribution in [3.63, 3.8) is 0 Å². The fraction of sp³-hybridized carbons (Fsp3) is 0.889. The van der Waals surface area contributed by atoms with Crippen molar-refractivity contribution in [3.8, 4) is 0 Å². The quantitative estimate of drug-likeness (QED) is 0.700. The maximum absolute atomic E-state index is 12.2. The number of aliphatic hydroxyl groups is 1. The van der Waals surface area contributed by atoms with Crippen LogP contribution < -0.4 is 10.6 Å². The van der Waals surface area contributed by atoms with Gasteiger partial charge in [0.05, 0.1) is 12.1 Å². The van der Waals surface area contributed by atoms with Crippen molar-refractivity contribution in [1.29, 1.82) is 0 Å². The third kappa shape index (κ3) is 5.79. The highest BCUT2D eigenvalue weighted by Crippen LogP contribution is 2.28. The average molecular weight is 324 g/mol. The molecule has 0 heterocycles. The summed E-state index contributed by atoms with van der Waals surface area (Å²) >= 11 is 0. The molecule has 0 aromatic heterocycles. The summed E-state index contributed by atoms with van der Waals surface area (Å²) in [6.07, 6.45) is 8.95. The molecule has 2 rings (SSSR count). The molecule has 2 fully saturated rings. The number of hydrogen-bond acceptors (Lipinski definition) is 3. The van der Waals surface area contributed by atoms with Crippen LogP contribution in [0.25, 0.3) is 0 Å². The molecule has 5 heteroatoms. The molecule has 2 aliphatic rings. The van der Waals surface area contributed by atoms with Gasteiger partial charge >= 0.3 is 0 Å². The second-order valence-corrected chi connectivity index (χ2v) is 8.00. The molecule has 2 amide bonds. The van der Waals surface area contributed by atoms with Gasteiger partial charge in [0.25, 0.3) is 0 Å². The third-order valence-corrected chi connectivity index (χ3v) is 5.27. The van der Waals surface area contributed by atoms with E-state index in [0.717, 1.165) is 25.7 Å². The number of rotatable bonds is 6. The van der Waals surface area contributed by atoms with Crippen molar-refractivity contribution < 1.29 is 14.7 Å². The van der Waals surface area contributed by atoms with E-state index in [4.69, 9.17) is 0 Å². The van der Waals surface area contributed by atoms with Gasteiger partial charge in [-0.15, -0.1) is 0 Å². The molecule has 132 valence electrons. The molecule has 0 aromatic carbocycles. The molecule has 0 aliphatic heterocycles. The van der Waals surface area contributed by atoms with Crippen molar-refractivity contribution in [2.24, 2.45) is 11.8 Å². The first-order valence-electron chi connectivity index (χ1n) is 9.12. The topological polar surface area (TPSA) is 78.4 Å². The van der Waals surface area contributed by atoms with Crippen LogP contribution in [0.2, 0.25) is 0 Å². The minimum absolute atomic E-state index is 0.00353. The van der Waals surface area contributed by atoms with Crippen molar-refractivity contribution in [3.05, 3.63) is 0 Å². The van der Waals surface area contributed by atoms with Crippen LogP contribution in [0, 0.1) is 11.8 Å². The molecule has 0 spiro atoms. The highest BCUT2D eigenvalue weighted by Gasteiger charge is 2.30. The Morgan fingerprint density at radius 2 is 1.65 bits per heavy atom. The normalized spacial score (nSPS) is 26.0. The van der Waals surface area contributed by atoms with Crippen molar-refractivity contribution in [2.75, 3.05) is 6.61 Å². The fourth-order valence-electron chi connectivity index (χ4n) is 3.74. The lowest BCUT2D eigenvalue weighted by Crippen LogP contribution is -2.49. The molecule has 0 saturated heterocycles. The Labute approximate surface area is 139 Å². The standard InChI is InChI=1S/C18H32N2O3/c1-18(2,12-21)20-17(23)14-7-9-15(10-8-14)19-16(22)11-13-5-3-4-6-13/h13-15,21H,3-12H2,1-2H3,(H,19,22)(H,20,23). The minimum atomic E-state index is -0.566. The van der Waals surface area contributed by atoms with Gasteiger partial charge in [-0.25, -0.2) is 0 Å². The van der Waals surface area contributed by atoms with E-state index in [9.17, 15) is 14.7 Å². The Balaban J connectivity index is 1.69. The molecular weight excluding hydrogens is 292 g/mol. The highest BCUT2D eigenvalue weighted by atomic mass is 16.3. The molecule has 2 saturated carbocycles. The van der Waals surface area contributed by atoms with E-state index in [1.807, 2.05) is 13.8 Å². The van der Waals surface area contributed by atoms with E-state index in [2.05, 4.69) is 10.6 Å². The minimum Gasteiger partial charge on any atom is -0.394 e. The Morgan fingerprint density at radius 1 is 1.04 bits per heavy atom. The average Bonchev–Trinajstić information content (AvgIpc) is 3.00. The van der Waals surface area contributed by atoms with Crippen LogP contribution in [0.4, 0.5) is 0 Å². The first-order valence-corrected chi connectivity index (χ1v) is 9.12. The number of carbonyl (C=O) groups is 2. The first-order chi connectivity index (χ1) is 10.9. The summed E-state index contributed by atoms with van der Waals surface area (Å²) in [6, 6.07) is 0.221. The summed E-state index contributed by atoms with van der Waals surface area (Å²) in [5, 5.41) is 15.3. The van der Waals surface area contributed by atoms with Crippen molar-refractivity contribution >= 4 is 11.8 Å². The van der Waals surface area contributed by atoms with Gasteiger partial charge in [0.15, 0.2) is 0 Å². The smallest absolute Gasteiger partial charge is 0.223 e. The van der Waals surface area contributed by atoms with E-state index < -0.39 is 5.54 Å². The predicted molar refractivity (Wildman–Crippen MR) is 89.8 cm³/mol. The van der Waals surface area contributed by atoms with Gasteiger partial charge in [0, 0.05) is 18.4 Å². The summed E-state index contributed by atoms with van der Waals surface area (Å²) in [5.41, 5.74) is -0.566. The van der Waals surface area contributed by atoms with Gasteiger partial charge in [-0.2, -0.15) is 0 Å². The number of amides is 2. The lowest BCUT2D eigenvalue weighted by Gasteiger charge is -2.31. The lowest BCUT2D eigenvalue weighted by molar-refractivity contribution is -0.128. The summed E-state index contributed by atoms with van der Waals surface area (Å²) < 4.78 is 0. The molecule has 3 N–H and O–H groups in total. The molecule has 0 radical (unpaired) electrons. The summed E-state index contributed by atoms with van der Waals surface area (Å²) in [7, 11) is 0. The van der Waals surface area contributed by atoms with Crippen LogP contribution in [0.15, 0.2) is 0 Å².